The molecule has 0 radical (unpaired) electrons. The molecule has 7 nitrogen and oxygen atoms in total. The maximum absolute atomic E-state index is 11.1. The molecule has 59 heavy (non-hydrogen) atoms. The Morgan fingerprint density at radius 1 is 0.424 bits per heavy atom. The van der Waals surface area contributed by atoms with Gasteiger partial charge >= 0.3 is 0 Å². The van der Waals surface area contributed by atoms with Crippen molar-refractivity contribution in [2.75, 3.05) is 0 Å². The Bertz CT molecular complexity index is 3600. The minimum Gasteiger partial charge on any atom is -0.309 e. The number of para-hydroxylation sites is 4. The Morgan fingerprint density at radius 3 is 1.49 bits per heavy atom. The van der Waals surface area contributed by atoms with Crippen LogP contribution >= 0.6 is 0 Å². The molecule has 0 N–H and O–H groups in total. The summed E-state index contributed by atoms with van der Waals surface area (Å²) >= 11 is 0. The standard InChI is InChI=1S/C52H29N7/c53-28-32-22-24-39(51(43(32)30-55)58-46-19-9-4-14-35(46)36-15-5-10-20-47(36)58)40-25-23-33(29-54)44(31-56)52(40)59-48-21-11-7-17-38(48)42-26-49-41(27-50(42)59)37-16-6-8-18-45(37)57(49)34-12-2-1-3-13-34/h1-6,8-16,18-27H,7,17H2. The summed E-state index contributed by atoms with van der Waals surface area (Å²) in [6.45, 7) is 0. The highest BCUT2D eigenvalue weighted by Crippen LogP contribution is 2.46. The Kier molecular flexibility index (Phi) is 7.41. The molecule has 0 fully saturated rings. The fourth-order valence-corrected chi connectivity index (χ4v) is 9.45. The molecule has 0 unspecified atom stereocenters. The van der Waals surface area contributed by atoms with E-state index in [2.05, 4.69) is 123 Å². The van der Waals surface area contributed by atoms with Gasteiger partial charge < -0.3 is 13.7 Å². The zero-order valence-corrected chi connectivity index (χ0v) is 31.5. The number of hydrogen-bond donors (Lipinski definition) is 0. The van der Waals surface area contributed by atoms with Gasteiger partial charge in [-0.15, -0.1) is 0 Å². The van der Waals surface area contributed by atoms with Crippen LogP contribution in [0.15, 0.2) is 146 Å². The highest BCUT2D eigenvalue weighted by Gasteiger charge is 2.29. The van der Waals surface area contributed by atoms with Crippen molar-refractivity contribution in [1.82, 2.24) is 13.7 Å². The van der Waals surface area contributed by atoms with Gasteiger partial charge in [0.05, 0.1) is 61.2 Å². The lowest BCUT2D eigenvalue weighted by Crippen LogP contribution is -2.09. The van der Waals surface area contributed by atoms with Gasteiger partial charge in [0.2, 0.25) is 0 Å². The molecule has 0 aliphatic heterocycles. The van der Waals surface area contributed by atoms with Gasteiger partial charge in [0.25, 0.3) is 0 Å². The average molecular weight is 752 g/mol. The van der Waals surface area contributed by atoms with E-state index in [0.717, 1.165) is 84.3 Å². The van der Waals surface area contributed by atoms with Crippen molar-refractivity contribution in [2.45, 2.75) is 12.8 Å². The fraction of sp³-hybridized carbons (Fsp3) is 0.0385. The third-order valence-electron chi connectivity index (χ3n) is 11.9. The van der Waals surface area contributed by atoms with Crippen molar-refractivity contribution in [3.8, 4) is 52.5 Å². The van der Waals surface area contributed by atoms with Gasteiger partial charge in [-0.05, 0) is 79.1 Å². The zero-order chi connectivity index (χ0) is 39.8. The molecule has 0 saturated heterocycles. The quantitative estimate of drug-likeness (QED) is 0.178. The van der Waals surface area contributed by atoms with Crippen LogP contribution in [0.5, 0.6) is 0 Å². The molecule has 1 aliphatic carbocycles. The fourth-order valence-electron chi connectivity index (χ4n) is 9.45. The topological polar surface area (TPSA) is 110 Å². The van der Waals surface area contributed by atoms with Gasteiger partial charge in [-0.25, -0.2) is 0 Å². The minimum absolute atomic E-state index is 0.222. The van der Waals surface area contributed by atoms with Crippen molar-refractivity contribution < 1.29 is 0 Å². The number of nitriles is 4. The molecule has 0 amide bonds. The van der Waals surface area contributed by atoms with E-state index in [4.69, 9.17) is 0 Å². The molecule has 272 valence electrons. The van der Waals surface area contributed by atoms with Crippen molar-refractivity contribution >= 4 is 60.6 Å². The van der Waals surface area contributed by atoms with E-state index in [1.807, 2.05) is 54.6 Å². The first-order valence-corrected chi connectivity index (χ1v) is 19.4. The maximum Gasteiger partial charge on any atom is 0.103 e. The summed E-state index contributed by atoms with van der Waals surface area (Å²) in [6, 6.07) is 56.0. The molecular weight excluding hydrogens is 723 g/mol. The average Bonchev–Trinajstić information content (AvgIpc) is 3.92. The van der Waals surface area contributed by atoms with E-state index in [1.165, 1.54) is 0 Å². The third-order valence-corrected chi connectivity index (χ3v) is 11.9. The van der Waals surface area contributed by atoms with Crippen molar-refractivity contribution in [1.29, 1.82) is 21.0 Å². The van der Waals surface area contributed by atoms with Gasteiger partial charge in [-0.2, -0.15) is 21.0 Å². The van der Waals surface area contributed by atoms with Crippen LogP contribution in [0.2, 0.25) is 0 Å². The molecule has 0 atom stereocenters. The lowest BCUT2D eigenvalue weighted by molar-refractivity contribution is 0.966. The number of benzene rings is 7. The van der Waals surface area contributed by atoms with Crippen molar-refractivity contribution in [3.05, 3.63) is 179 Å². The first-order valence-electron chi connectivity index (χ1n) is 19.4. The number of fused-ring (bicyclic) bond motifs is 9. The zero-order valence-electron chi connectivity index (χ0n) is 31.5. The number of aryl methyl sites for hydroxylation is 1. The van der Waals surface area contributed by atoms with Gasteiger partial charge in [0, 0.05) is 49.4 Å². The second-order valence-electron chi connectivity index (χ2n) is 14.8. The molecule has 1 aliphatic rings. The lowest BCUT2D eigenvalue weighted by atomic mass is 9.92. The van der Waals surface area contributed by atoms with Gasteiger partial charge in [0.1, 0.15) is 24.3 Å². The summed E-state index contributed by atoms with van der Waals surface area (Å²) in [7, 11) is 0. The molecule has 3 aromatic heterocycles. The third kappa shape index (κ3) is 4.71. The van der Waals surface area contributed by atoms with E-state index >= 15 is 0 Å². The van der Waals surface area contributed by atoms with Crippen LogP contribution < -0.4 is 0 Å². The van der Waals surface area contributed by atoms with E-state index in [1.54, 1.807) is 12.1 Å². The predicted molar refractivity (Wildman–Crippen MR) is 234 cm³/mol. The van der Waals surface area contributed by atoms with E-state index < -0.39 is 0 Å². The largest absolute Gasteiger partial charge is 0.309 e. The molecule has 0 spiro atoms. The summed E-state index contributed by atoms with van der Waals surface area (Å²) in [5, 5.41) is 48.2. The summed E-state index contributed by atoms with van der Waals surface area (Å²) in [5.74, 6) is 0. The van der Waals surface area contributed by atoms with Crippen LogP contribution in [0.1, 0.15) is 39.9 Å². The molecule has 10 aromatic rings. The molecule has 7 heteroatoms. The Labute approximate surface area is 338 Å². The monoisotopic (exact) mass is 751 g/mol. The molecule has 3 heterocycles. The maximum atomic E-state index is 11.1. The van der Waals surface area contributed by atoms with Crippen LogP contribution in [0.4, 0.5) is 0 Å². The molecule has 7 aromatic carbocycles. The number of rotatable bonds is 4. The van der Waals surface area contributed by atoms with Crippen molar-refractivity contribution in [3.63, 3.8) is 0 Å². The highest BCUT2D eigenvalue weighted by atomic mass is 15.0. The van der Waals surface area contributed by atoms with Crippen LogP contribution in [0.25, 0.3) is 88.8 Å². The van der Waals surface area contributed by atoms with E-state index in [-0.39, 0.29) is 22.3 Å². The summed E-state index contributed by atoms with van der Waals surface area (Å²) < 4.78 is 6.54. The highest BCUT2D eigenvalue weighted by molar-refractivity contribution is 6.15. The van der Waals surface area contributed by atoms with Gasteiger partial charge in [-0.3, -0.25) is 0 Å². The minimum atomic E-state index is 0.222. The van der Waals surface area contributed by atoms with E-state index in [0.29, 0.717) is 22.5 Å². The smallest absolute Gasteiger partial charge is 0.103 e. The van der Waals surface area contributed by atoms with Crippen LogP contribution in [0.3, 0.4) is 0 Å². The van der Waals surface area contributed by atoms with Crippen LogP contribution in [-0.2, 0) is 6.42 Å². The lowest BCUT2D eigenvalue weighted by Gasteiger charge is -2.22. The van der Waals surface area contributed by atoms with Crippen LogP contribution in [0, 0.1) is 45.3 Å². The Balaban J connectivity index is 1.31. The second kappa shape index (κ2) is 13.0. The predicted octanol–water partition coefficient (Wildman–Crippen LogP) is 11.9. The Morgan fingerprint density at radius 2 is 0.915 bits per heavy atom. The number of aromatic nitrogens is 3. The van der Waals surface area contributed by atoms with Gasteiger partial charge in [0.15, 0.2) is 0 Å². The summed E-state index contributed by atoms with van der Waals surface area (Å²) in [4.78, 5) is 0. The SMILES string of the molecule is N#Cc1ccc(-c2ccc(C#N)c(C#N)c2-n2c3ccccc3c3ccccc32)c(-n2c3c(c4cc5c(cc42)c2ccccc2n5-c2ccccc2)CCC=C3)c1C#N. The van der Waals surface area contributed by atoms with Crippen LogP contribution in [-0.4, -0.2) is 13.7 Å². The molecule has 11 rings (SSSR count). The molecular formula is C52H29N7. The molecule has 0 saturated carbocycles. The number of nitrogens with zero attached hydrogens (tertiary/aromatic N) is 7. The van der Waals surface area contributed by atoms with E-state index in [9.17, 15) is 21.0 Å². The first-order chi connectivity index (χ1) is 29.1. The number of allylic oxidation sites excluding steroid dienone is 1. The molecule has 0 bridgehead atoms. The summed E-state index contributed by atoms with van der Waals surface area (Å²) in [5.41, 5.74) is 11.3. The van der Waals surface area contributed by atoms with Crippen molar-refractivity contribution in [2.24, 2.45) is 0 Å². The Hall–Kier alpha value is -8.62. The summed E-state index contributed by atoms with van der Waals surface area (Å²) in [6.07, 6.45) is 5.95. The second-order valence-corrected chi connectivity index (χ2v) is 14.8. The number of hydrogen-bond acceptors (Lipinski definition) is 4. The normalized spacial score (nSPS) is 12.1. The first kappa shape index (κ1) is 33.7. The van der Waals surface area contributed by atoms with Gasteiger partial charge in [-0.1, -0.05) is 91.0 Å².